The van der Waals surface area contributed by atoms with Gasteiger partial charge in [0.2, 0.25) is 0 Å². The number of fused-ring (bicyclic) bond motifs is 1. The summed E-state index contributed by atoms with van der Waals surface area (Å²) < 4.78 is 10.6. The number of amides is 1. The number of rotatable bonds is 4. The molecule has 2 aromatic carbocycles. The Bertz CT molecular complexity index is 770. The molecule has 5 heteroatoms. The molecular weight excluding hydrogens is 306 g/mol. The number of methoxy groups -OCH3 is 2. The van der Waals surface area contributed by atoms with Crippen molar-refractivity contribution in [1.29, 1.82) is 0 Å². The van der Waals surface area contributed by atoms with Crippen molar-refractivity contribution in [2.24, 2.45) is 0 Å². The molecule has 124 valence electrons. The Morgan fingerprint density at radius 3 is 2.38 bits per heavy atom. The van der Waals surface area contributed by atoms with Crippen LogP contribution in [0.1, 0.15) is 32.7 Å². The Kier molecular flexibility index (Phi) is 4.51. The van der Waals surface area contributed by atoms with E-state index in [0.29, 0.717) is 29.0 Å². The van der Waals surface area contributed by atoms with Crippen LogP contribution in [0.25, 0.3) is 0 Å². The number of ether oxygens (including phenoxy) is 2. The molecule has 1 N–H and O–H groups in total. The predicted octanol–water partition coefficient (Wildman–Crippen LogP) is 2.63. The molecule has 1 amide bonds. The summed E-state index contributed by atoms with van der Waals surface area (Å²) in [5.41, 5.74) is 2.09. The third kappa shape index (κ3) is 3.11. The monoisotopic (exact) mass is 325 g/mol. The second-order valence-electron chi connectivity index (χ2n) is 5.73. The van der Waals surface area contributed by atoms with Crippen molar-refractivity contribution in [3.05, 3.63) is 59.2 Å². The van der Waals surface area contributed by atoms with Crippen LogP contribution in [0.5, 0.6) is 11.5 Å². The predicted molar refractivity (Wildman–Crippen MR) is 89.9 cm³/mol. The van der Waals surface area contributed by atoms with E-state index in [9.17, 15) is 9.59 Å². The molecule has 5 nitrogen and oxygen atoms in total. The summed E-state index contributed by atoms with van der Waals surface area (Å²) >= 11 is 0. The van der Waals surface area contributed by atoms with Crippen molar-refractivity contribution in [3.63, 3.8) is 0 Å². The van der Waals surface area contributed by atoms with Crippen molar-refractivity contribution < 1.29 is 19.1 Å². The fourth-order valence-corrected chi connectivity index (χ4v) is 2.98. The van der Waals surface area contributed by atoms with E-state index in [1.54, 1.807) is 32.4 Å². The summed E-state index contributed by atoms with van der Waals surface area (Å²) in [6.45, 7) is 0. The molecular formula is C19H19NO4. The van der Waals surface area contributed by atoms with Gasteiger partial charge in [0.05, 0.1) is 14.2 Å². The maximum atomic E-state index is 12.4. The van der Waals surface area contributed by atoms with Crippen molar-refractivity contribution >= 4 is 11.7 Å². The van der Waals surface area contributed by atoms with Gasteiger partial charge in [-0.15, -0.1) is 0 Å². The van der Waals surface area contributed by atoms with Gasteiger partial charge in [-0.05, 0) is 36.2 Å². The number of Topliss-reactive ketones (excluding diaryl/α,β-unsaturated/α-hetero) is 1. The summed E-state index contributed by atoms with van der Waals surface area (Å²) in [6.07, 6.45) is 0.862. The highest BCUT2D eigenvalue weighted by molar-refractivity contribution is 6.01. The van der Waals surface area contributed by atoms with E-state index >= 15 is 0 Å². The van der Waals surface area contributed by atoms with Crippen LogP contribution in [0.3, 0.4) is 0 Å². The second kappa shape index (κ2) is 6.74. The highest BCUT2D eigenvalue weighted by atomic mass is 16.5. The molecule has 1 aliphatic carbocycles. The Morgan fingerprint density at radius 2 is 1.71 bits per heavy atom. The molecule has 0 heterocycles. The number of hydrogen-bond acceptors (Lipinski definition) is 4. The molecule has 1 atom stereocenters. The largest absolute Gasteiger partial charge is 0.493 e. The first-order valence-corrected chi connectivity index (χ1v) is 7.76. The van der Waals surface area contributed by atoms with Gasteiger partial charge in [0.1, 0.15) is 0 Å². The number of hydrogen-bond donors (Lipinski definition) is 1. The van der Waals surface area contributed by atoms with Gasteiger partial charge < -0.3 is 14.8 Å². The van der Waals surface area contributed by atoms with Gasteiger partial charge >= 0.3 is 0 Å². The minimum Gasteiger partial charge on any atom is -0.493 e. The van der Waals surface area contributed by atoms with Crippen molar-refractivity contribution in [2.45, 2.75) is 18.9 Å². The maximum Gasteiger partial charge on any atom is 0.251 e. The summed E-state index contributed by atoms with van der Waals surface area (Å²) in [5, 5.41) is 2.94. The van der Waals surface area contributed by atoms with Crippen LogP contribution in [0.4, 0.5) is 0 Å². The summed E-state index contributed by atoms with van der Waals surface area (Å²) in [6, 6.07) is 12.3. The minimum absolute atomic E-state index is 0.00411. The fourth-order valence-electron chi connectivity index (χ4n) is 2.98. The quantitative estimate of drug-likeness (QED) is 0.938. The zero-order chi connectivity index (χ0) is 17.1. The minimum atomic E-state index is -0.226. The molecule has 1 aliphatic rings. The van der Waals surface area contributed by atoms with Gasteiger partial charge in [0.15, 0.2) is 17.3 Å². The van der Waals surface area contributed by atoms with Crippen molar-refractivity contribution in [3.8, 4) is 11.5 Å². The standard InChI is InChI=1S/C19H19NO4/c1-23-17-9-13-8-14(10-16(21)15(13)11-18(17)24-2)20-19(22)12-6-4-3-5-7-12/h3-7,9,11,14H,8,10H2,1-2H3,(H,20,22)/t14-/m1/s1. The van der Waals surface area contributed by atoms with Crippen LogP contribution in [-0.4, -0.2) is 32.0 Å². The molecule has 0 saturated carbocycles. The topological polar surface area (TPSA) is 64.6 Å². The van der Waals surface area contributed by atoms with Gasteiger partial charge in [-0.3, -0.25) is 9.59 Å². The zero-order valence-corrected chi connectivity index (χ0v) is 13.7. The van der Waals surface area contributed by atoms with E-state index in [0.717, 1.165) is 5.56 Å². The Morgan fingerprint density at radius 1 is 1.04 bits per heavy atom. The zero-order valence-electron chi connectivity index (χ0n) is 13.7. The third-order valence-electron chi connectivity index (χ3n) is 4.18. The lowest BCUT2D eigenvalue weighted by atomic mass is 9.86. The SMILES string of the molecule is COc1cc2c(cc1OC)C(=O)C[C@H](NC(=O)c1ccccc1)C2. The van der Waals surface area contributed by atoms with Crippen LogP contribution < -0.4 is 14.8 Å². The molecule has 3 rings (SSSR count). The first-order chi connectivity index (χ1) is 11.6. The molecule has 0 radical (unpaired) electrons. The number of ketones is 1. The second-order valence-corrected chi connectivity index (χ2v) is 5.73. The number of carbonyl (C=O) groups excluding carboxylic acids is 2. The van der Waals surface area contributed by atoms with Gasteiger partial charge in [0, 0.05) is 23.6 Å². The average Bonchev–Trinajstić information content (AvgIpc) is 2.61. The van der Waals surface area contributed by atoms with Crippen LogP contribution in [-0.2, 0) is 6.42 Å². The smallest absolute Gasteiger partial charge is 0.251 e. The lowest BCUT2D eigenvalue weighted by molar-refractivity contribution is 0.0904. The Hall–Kier alpha value is -2.82. The average molecular weight is 325 g/mol. The van der Waals surface area contributed by atoms with Crippen LogP contribution >= 0.6 is 0 Å². The molecule has 0 bridgehead atoms. The highest BCUT2D eigenvalue weighted by Gasteiger charge is 2.28. The van der Waals surface area contributed by atoms with Gasteiger partial charge in [0.25, 0.3) is 5.91 Å². The number of benzene rings is 2. The Balaban J connectivity index is 1.81. The molecule has 0 aromatic heterocycles. The Labute approximate surface area is 140 Å². The van der Waals surface area contributed by atoms with E-state index in [1.807, 2.05) is 24.3 Å². The lowest BCUT2D eigenvalue weighted by Gasteiger charge is -2.25. The molecule has 0 unspecified atom stereocenters. The third-order valence-corrected chi connectivity index (χ3v) is 4.18. The summed E-state index contributed by atoms with van der Waals surface area (Å²) in [4.78, 5) is 24.7. The molecule has 2 aromatic rings. The van der Waals surface area contributed by atoms with E-state index in [1.165, 1.54) is 0 Å². The van der Waals surface area contributed by atoms with Crippen LogP contribution in [0.15, 0.2) is 42.5 Å². The number of carbonyl (C=O) groups is 2. The first-order valence-electron chi connectivity index (χ1n) is 7.76. The van der Waals surface area contributed by atoms with E-state index < -0.39 is 0 Å². The molecule has 0 fully saturated rings. The molecule has 0 saturated heterocycles. The van der Waals surface area contributed by atoms with Gasteiger partial charge in [-0.25, -0.2) is 0 Å². The fraction of sp³-hybridized carbons (Fsp3) is 0.263. The molecule has 24 heavy (non-hydrogen) atoms. The first kappa shape index (κ1) is 16.1. The van der Waals surface area contributed by atoms with Crippen LogP contribution in [0, 0.1) is 0 Å². The lowest BCUT2D eigenvalue weighted by Crippen LogP contribution is -2.40. The van der Waals surface area contributed by atoms with E-state index in [2.05, 4.69) is 5.32 Å². The molecule has 0 aliphatic heterocycles. The summed E-state index contributed by atoms with van der Waals surface area (Å²) in [7, 11) is 3.10. The maximum absolute atomic E-state index is 12.4. The molecule has 0 spiro atoms. The van der Waals surface area contributed by atoms with Crippen molar-refractivity contribution in [1.82, 2.24) is 5.32 Å². The van der Waals surface area contributed by atoms with Gasteiger partial charge in [-0.1, -0.05) is 18.2 Å². The number of nitrogens with one attached hydrogen (secondary N) is 1. The van der Waals surface area contributed by atoms with Crippen molar-refractivity contribution in [2.75, 3.05) is 14.2 Å². The summed E-state index contributed by atoms with van der Waals surface area (Å²) in [5.74, 6) is 0.948. The normalized spacial score (nSPS) is 16.2. The van der Waals surface area contributed by atoms with Crippen LogP contribution in [0.2, 0.25) is 0 Å². The van der Waals surface area contributed by atoms with E-state index in [-0.39, 0.29) is 24.2 Å². The van der Waals surface area contributed by atoms with Gasteiger partial charge in [-0.2, -0.15) is 0 Å². The highest BCUT2D eigenvalue weighted by Crippen LogP contribution is 2.34. The van der Waals surface area contributed by atoms with E-state index in [4.69, 9.17) is 9.47 Å².